The van der Waals surface area contributed by atoms with E-state index in [9.17, 15) is 19.7 Å². The lowest BCUT2D eigenvalue weighted by atomic mass is 10.1. The predicted molar refractivity (Wildman–Crippen MR) is 89.9 cm³/mol. The predicted octanol–water partition coefficient (Wildman–Crippen LogP) is 1.74. The van der Waals surface area contributed by atoms with Gasteiger partial charge in [-0.05, 0) is 6.07 Å². The van der Waals surface area contributed by atoms with Crippen LogP contribution in [0.2, 0.25) is 0 Å². The molecule has 9 nitrogen and oxygen atoms in total. The van der Waals surface area contributed by atoms with E-state index in [-0.39, 0.29) is 16.8 Å². The van der Waals surface area contributed by atoms with Crippen molar-refractivity contribution >= 4 is 34.0 Å². The number of hydrogen-bond acceptors (Lipinski definition) is 8. The summed E-state index contributed by atoms with van der Waals surface area (Å²) < 4.78 is 4.57. The average molecular weight is 362 g/mol. The number of nitrogens with zero attached hydrogens (tertiary/aromatic N) is 2. The number of ether oxygens (including phenoxy) is 1. The van der Waals surface area contributed by atoms with E-state index in [1.165, 1.54) is 17.4 Å². The summed E-state index contributed by atoms with van der Waals surface area (Å²) in [4.78, 5) is 39.9. The number of nitro benzene ring substituents is 1. The Morgan fingerprint density at radius 1 is 1.36 bits per heavy atom. The molecule has 0 aliphatic carbocycles. The SMILES string of the molecule is COC(=O)c1cc(C(=O)Nc2nc3c(s2)CNCC3)cc([N+](=O)[O-])c1. The second kappa shape index (κ2) is 6.95. The van der Waals surface area contributed by atoms with Gasteiger partial charge in [0.25, 0.3) is 11.6 Å². The lowest BCUT2D eigenvalue weighted by Gasteiger charge is -2.09. The normalized spacial score (nSPS) is 13.0. The molecule has 3 rings (SSSR count). The molecule has 1 amide bonds. The van der Waals surface area contributed by atoms with E-state index < -0.39 is 16.8 Å². The van der Waals surface area contributed by atoms with E-state index in [1.807, 2.05) is 0 Å². The van der Waals surface area contributed by atoms with E-state index in [2.05, 4.69) is 20.4 Å². The van der Waals surface area contributed by atoms with Gasteiger partial charge >= 0.3 is 5.97 Å². The first-order valence-electron chi connectivity index (χ1n) is 7.36. The minimum atomic E-state index is -0.756. The second-order valence-electron chi connectivity index (χ2n) is 5.29. The Balaban J connectivity index is 1.88. The van der Waals surface area contributed by atoms with Crippen molar-refractivity contribution in [3.05, 3.63) is 50.0 Å². The lowest BCUT2D eigenvalue weighted by molar-refractivity contribution is -0.384. The van der Waals surface area contributed by atoms with Crippen molar-refractivity contribution in [1.29, 1.82) is 0 Å². The van der Waals surface area contributed by atoms with Crippen molar-refractivity contribution in [3.8, 4) is 0 Å². The van der Waals surface area contributed by atoms with Crippen LogP contribution in [0.1, 0.15) is 31.3 Å². The number of thiazole rings is 1. The van der Waals surface area contributed by atoms with E-state index in [0.29, 0.717) is 11.7 Å². The van der Waals surface area contributed by atoms with Crippen LogP contribution < -0.4 is 10.6 Å². The first kappa shape index (κ1) is 17.0. The standard InChI is InChI=1S/C15H14N4O5S/c1-24-14(21)9-4-8(5-10(6-9)19(22)23)13(20)18-15-17-11-2-3-16-7-12(11)25-15/h4-6,16H,2-3,7H2,1H3,(H,17,18,20). The molecule has 0 unspecified atom stereocenters. The fourth-order valence-corrected chi connectivity index (χ4v) is 3.40. The van der Waals surface area contributed by atoms with Crippen molar-refractivity contribution in [2.75, 3.05) is 19.0 Å². The molecule has 2 heterocycles. The minimum Gasteiger partial charge on any atom is -0.465 e. The van der Waals surface area contributed by atoms with Crippen LogP contribution in [0.5, 0.6) is 0 Å². The summed E-state index contributed by atoms with van der Waals surface area (Å²) in [5.41, 5.74) is 0.495. The monoisotopic (exact) mass is 362 g/mol. The molecule has 0 saturated carbocycles. The summed E-state index contributed by atoms with van der Waals surface area (Å²) in [5, 5.41) is 17.3. The first-order valence-corrected chi connectivity index (χ1v) is 8.18. The molecular formula is C15H14N4O5S. The largest absolute Gasteiger partial charge is 0.465 e. The molecule has 1 aromatic carbocycles. The third kappa shape index (κ3) is 3.64. The van der Waals surface area contributed by atoms with Crippen molar-refractivity contribution in [3.63, 3.8) is 0 Å². The fraction of sp³-hybridized carbons (Fsp3) is 0.267. The Morgan fingerprint density at radius 2 is 2.12 bits per heavy atom. The highest BCUT2D eigenvalue weighted by Gasteiger charge is 2.20. The number of aromatic nitrogens is 1. The number of non-ortho nitro benzene ring substituents is 1. The molecule has 10 heteroatoms. The Morgan fingerprint density at radius 3 is 2.80 bits per heavy atom. The van der Waals surface area contributed by atoms with E-state index in [4.69, 9.17) is 0 Å². The van der Waals surface area contributed by atoms with E-state index in [1.54, 1.807) is 0 Å². The fourth-order valence-electron chi connectivity index (χ4n) is 2.43. The summed E-state index contributed by atoms with van der Waals surface area (Å²) in [6.45, 7) is 1.53. The number of carbonyl (C=O) groups is 2. The molecule has 1 aliphatic heterocycles. The molecule has 2 N–H and O–H groups in total. The van der Waals surface area contributed by atoms with Gasteiger partial charge in [0.05, 0.1) is 23.3 Å². The van der Waals surface area contributed by atoms with Crippen LogP contribution >= 0.6 is 11.3 Å². The van der Waals surface area contributed by atoms with Crippen LogP contribution in [-0.2, 0) is 17.7 Å². The van der Waals surface area contributed by atoms with Gasteiger partial charge in [0.15, 0.2) is 5.13 Å². The van der Waals surface area contributed by atoms with Gasteiger partial charge in [0, 0.05) is 42.1 Å². The molecule has 2 aromatic rings. The maximum absolute atomic E-state index is 12.4. The molecule has 0 saturated heterocycles. The summed E-state index contributed by atoms with van der Waals surface area (Å²) in [7, 11) is 1.16. The quantitative estimate of drug-likeness (QED) is 0.482. The maximum Gasteiger partial charge on any atom is 0.338 e. The third-order valence-electron chi connectivity index (χ3n) is 3.63. The highest BCUT2D eigenvalue weighted by atomic mass is 32.1. The molecule has 1 aromatic heterocycles. The molecule has 130 valence electrons. The highest BCUT2D eigenvalue weighted by molar-refractivity contribution is 7.15. The summed E-state index contributed by atoms with van der Waals surface area (Å²) in [5.74, 6) is -1.33. The third-order valence-corrected chi connectivity index (χ3v) is 4.65. The number of carbonyl (C=O) groups excluding carboxylic acids is 2. The zero-order chi connectivity index (χ0) is 18.0. The van der Waals surface area contributed by atoms with Gasteiger partial charge in [-0.3, -0.25) is 20.2 Å². The summed E-state index contributed by atoms with van der Waals surface area (Å²) in [6.07, 6.45) is 0.783. The topological polar surface area (TPSA) is 123 Å². The molecule has 1 aliphatic rings. The number of nitrogens with one attached hydrogen (secondary N) is 2. The van der Waals surface area contributed by atoms with Gasteiger partial charge in [-0.25, -0.2) is 9.78 Å². The number of esters is 1. The highest BCUT2D eigenvalue weighted by Crippen LogP contribution is 2.26. The van der Waals surface area contributed by atoms with Gasteiger partial charge in [-0.1, -0.05) is 0 Å². The Labute approximate surface area is 146 Å². The molecular weight excluding hydrogens is 348 g/mol. The molecule has 0 atom stereocenters. The smallest absolute Gasteiger partial charge is 0.338 e. The Kier molecular flexibility index (Phi) is 4.72. The van der Waals surface area contributed by atoms with Gasteiger partial charge < -0.3 is 10.1 Å². The van der Waals surface area contributed by atoms with Gasteiger partial charge in [0.1, 0.15) is 0 Å². The molecule has 0 bridgehead atoms. The van der Waals surface area contributed by atoms with Crippen molar-refractivity contribution in [2.45, 2.75) is 13.0 Å². The van der Waals surface area contributed by atoms with Crippen molar-refractivity contribution in [1.82, 2.24) is 10.3 Å². The Bertz CT molecular complexity index is 840. The molecule has 25 heavy (non-hydrogen) atoms. The average Bonchev–Trinajstić information content (AvgIpc) is 3.02. The number of methoxy groups -OCH3 is 1. The number of amides is 1. The maximum atomic E-state index is 12.4. The van der Waals surface area contributed by atoms with Crippen LogP contribution in [0.3, 0.4) is 0 Å². The number of anilines is 1. The molecule has 0 fully saturated rings. The number of fused-ring (bicyclic) bond motifs is 1. The Hall–Kier alpha value is -2.85. The van der Waals surface area contributed by atoms with Crippen LogP contribution in [0.15, 0.2) is 18.2 Å². The van der Waals surface area contributed by atoms with Crippen LogP contribution in [0, 0.1) is 10.1 Å². The molecule has 0 radical (unpaired) electrons. The van der Waals surface area contributed by atoms with E-state index in [0.717, 1.165) is 42.8 Å². The van der Waals surface area contributed by atoms with Crippen LogP contribution in [-0.4, -0.2) is 35.4 Å². The second-order valence-corrected chi connectivity index (χ2v) is 6.37. The zero-order valence-electron chi connectivity index (χ0n) is 13.2. The van der Waals surface area contributed by atoms with Gasteiger partial charge in [0.2, 0.25) is 0 Å². The first-order chi connectivity index (χ1) is 12.0. The summed E-state index contributed by atoms with van der Waals surface area (Å²) in [6, 6.07) is 3.43. The summed E-state index contributed by atoms with van der Waals surface area (Å²) >= 11 is 1.35. The van der Waals surface area contributed by atoms with E-state index >= 15 is 0 Å². The number of nitro groups is 1. The number of hydrogen-bond donors (Lipinski definition) is 2. The van der Waals surface area contributed by atoms with Crippen molar-refractivity contribution in [2.24, 2.45) is 0 Å². The number of rotatable bonds is 4. The van der Waals surface area contributed by atoms with Crippen LogP contribution in [0.25, 0.3) is 0 Å². The number of benzene rings is 1. The van der Waals surface area contributed by atoms with Gasteiger partial charge in [-0.2, -0.15) is 0 Å². The zero-order valence-corrected chi connectivity index (χ0v) is 14.0. The molecule has 0 spiro atoms. The van der Waals surface area contributed by atoms with Crippen molar-refractivity contribution < 1.29 is 19.2 Å². The lowest BCUT2D eigenvalue weighted by Crippen LogP contribution is -2.22. The van der Waals surface area contributed by atoms with Gasteiger partial charge in [-0.15, -0.1) is 11.3 Å². The minimum absolute atomic E-state index is 0.0131. The van der Waals surface area contributed by atoms with Crippen LogP contribution in [0.4, 0.5) is 10.8 Å².